The first-order valence-corrected chi connectivity index (χ1v) is 24.6. The summed E-state index contributed by atoms with van der Waals surface area (Å²) >= 11 is 0. The molecule has 4 aromatic rings. The van der Waals surface area contributed by atoms with Gasteiger partial charge in [0.25, 0.3) is 0 Å². The van der Waals surface area contributed by atoms with Gasteiger partial charge in [-0.15, -0.1) is 0 Å². The standard InChI is InChI=1S/C44H66O12Si2/c1-9-51-57(52-10-2,53-11-3)27-15-25-47-31-35-17-21-39-37(29-35)19-23-41(49-33-45-7)43(39)44-40-22-18-36(30-38(40)20-24-42(44)50-34-46-8)32-48-26-16-28-58(54-12-4,55-13-5)56-14-6/h17-24,29-30H,9-16,25-28,31-34H2,1-8H3. The van der Waals surface area contributed by atoms with Crippen LogP contribution in [0.4, 0.5) is 0 Å². The lowest BCUT2D eigenvalue weighted by Gasteiger charge is -2.28. The van der Waals surface area contributed by atoms with Crippen molar-refractivity contribution < 1.29 is 55.0 Å². The summed E-state index contributed by atoms with van der Waals surface area (Å²) in [6.07, 6.45) is 1.56. The minimum atomic E-state index is -2.71. The van der Waals surface area contributed by atoms with Gasteiger partial charge in [0.05, 0.1) is 13.2 Å². The molecule has 4 rings (SSSR count). The van der Waals surface area contributed by atoms with Crippen LogP contribution in [0.5, 0.6) is 11.5 Å². The number of hydrogen-bond acceptors (Lipinski definition) is 12. The van der Waals surface area contributed by atoms with Gasteiger partial charge >= 0.3 is 17.6 Å². The molecule has 0 amide bonds. The number of ether oxygens (including phenoxy) is 6. The van der Waals surface area contributed by atoms with Gasteiger partial charge < -0.3 is 55.0 Å². The van der Waals surface area contributed by atoms with Crippen LogP contribution in [0.3, 0.4) is 0 Å². The Hall–Kier alpha value is -2.97. The first kappa shape index (κ1) is 47.7. The highest BCUT2D eigenvalue weighted by Gasteiger charge is 2.40. The molecule has 0 aromatic heterocycles. The van der Waals surface area contributed by atoms with Crippen molar-refractivity contribution in [2.24, 2.45) is 0 Å². The van der Waals surface area contributed by atoms with E-state index < -0.39 is 17.6 Å². The third kappa shape index (κ3) is 13.5. The molecule has 14 heteroatoms. The molecule has 12 nitrogen and oxygen atoms in total. The van der Waals surface area contributed by atoms with Crippen LogP contribution in [0.25, 0.3) is 32.7 Å². The maximum Gasteiger partial charge on any atom is 0.501 e. The Labute approximate surface area is 347 Å². The van der Waals surface area contributed by atoms with Crippen molar-refractivity contribution in [2.75, 3.05) is 80.7 Å². The molecular weight excluding hydrogens is 777 g/mol. The molecule has 0 unspecified atom stereocenters. The number of benzene rings is 4. The second kappa shape index (κ2) is 25.6. The zero-order valence-corrected chi connectivity index (χ0v) is 38.0. The molecule has 0 aliphatic heterocycles. The molecule has 0 saturated carbocycles. The minimum absolute atomic E-state index is 0.0916. The SMILES string of the molecule is CCO[Si](CCCOCc1ccc2c(-c3c(OCOC)ccc4cc(COCCC[Si](OCC)(OCC)OCC)ccc34)c(OCOC)ccc2c1)(OCC)OCC. The summed E-state index contributed by atoms with van der Waals surface area (Å²) in [5.74, 6) is 1.36. The highest BCUT2D eigenvalue weighted by molar-refractivity contribution is 6.61. The molecule has 0 aliphatic rings. The van der Waals surface area contributed by atoms with Crippen molar-refractivity contribution in [1.82, 2.24) is 0 Å². The Morgan fingerprint density at radius 2 is 0.810 bits per heavy atom. The normalized spacial score (nSPS) is 12.2. The molecule has 0 atom stereocenters. The molecule has 0 radical (unpaired) electrons. The van der Waals surface area contributed by atoms with Crippen molar-refractivity contribution in [3.05, 3.63) is 71.8 Å². The Balaban J connectivity index is 1.58. The fourth-order valence-electron chi connectivity index (χ4n) is 7.06. The molecule has 0 fully saturated rings. The van der Waals surface area contributed by atoms with E-state index >= 15 is 0 Å². The van der Waals surface area contributed by atoms with E-state index in [2.05, 4.69) is 48.5 Å². The van der Waals surface area contributed by atoms with E-state index in [4.69, 9.17) is 55.0 Å². The van der Waals surface area contributed by atoms with Crippen molar-refractivity contribution in [2.45, 2.75) is 79.7 Å². The zero-order valence-electron chi connectivity index (χ0n) is 36.0. The molecule has 0 bridgehead atoms. The van der Waals surface area contributed by atoms with E-state index in [1.165, 1.54) is 0 Å². The van der Waals surface area contributed by atoms with Gasteiger partial charge in [0.1, 0.15) is 11.5 Å². The molecule has 322 valence electrons. The van der Waals surface area contributed by atoms with Crippen molar-refractivity contribution in [1.29, 1.82) is 0 Å². The zero-order chi connectivity index (χ0) is 41.6. The second-order valence-corrected chi connectivity index (χ2v) is 18.8. The lowest BCUT2D eigenvalue weighted by Crippen LogP contribution is -2.46. The van der Waals surface area contributed by atoms with Gasteiger partial charge in [-0.05, 0) is 111 Å². The third-order valence-electron chi connectivity index (χ3n) is 9.27. The van der Waals surface area contributed by atoms with Gasteiger partial charge in [-0.25, -0.2) is 0 Å². The monoisotopic (exact) mass is 842 g/mol. The predicted octanol–water partition coefficient (Wildman–Crippen LogP) is 9.54. The van der Waals surface area contributed by atoms with Gasteiger partial charge in [0.2, 0.25) is 0 Å². The third-order valence-corrected chi connectivity index (χ3v) is 15.6. The largest absolute Gasteiger partial charge is 0.501 e. The van der Waals surface area contributed by atoms with Crippen LogP contribution in [-0.2, 0) is 58.7 Å². The predicted molar refractivity (Wildman–Crippen MR) is 231 cm³/mol. The Kier molecular flexibility index (Phi) is 21.1. The Bertz CT molecular complexity index is 1630. The van der Waals surface area contributed by atoms with E-state index in [1.807, 2.05) is 53.7 Å². The topological polar surface area (TPSA) is 111 Å². The fourth-order valence-corrected chi connectivity index (χ4v) is 12.2. The van der Waals surface area contributed by atoms with Crippen molar-refractivity contribution in [3.8, 4) is 22.6 Å². The van der Waals surface area contributed by atoms with Gasteiger partial charge in [0.15, 0.2) is 13.6 Å². The maximum absolute atomic E-state index is 6.22. The second-order valence-electron chi connectivity index (χ2n) is 13.4. The smallest absolute Gasteiger partial charge is 0.467 e. The highest BCUT2D eigenvalue weighted by Crippen LogP contribution is 2.46. The molecule has 0 N–H and O–H groups in total. The van der Waals surface area contributed by atoms with Crippen molar-refractivity contribution in [3.63, 3.8) is 0 Å². The van der Waals surface area contributed by atoms with Gasteiger partial charge in [-0.3, -0.25) is 0 Å². The van der Waals surface area contributed by atoms with Crippen LogP contribution in [0.1, 0.15) is 65.5 Å². The van der Waals surface area contributed by atoms with Crippen LogP contribution >= 0.6 is 0 Å². The summed E-state index contributed by atoms with van der Waals surface area (Å²) in [6, 6.07) is 22.3. The van der Waals surface area contributed by atoms with Crippen LogP contribution < -0.4 is 9.47 Å². The highest BCUT2D eigenvalue weighted by atomic mass is 28.4. The average molecular weight is 843 g/mol. The van der Waals surface area contributed by atoms with Crippen LogP contribution in [0.2, 0.25) is 12.1 Å². The van der Waals surface area contributed by atoms with Gasteiger partial charge in [-0.2, -0.15) is 0 Å². The first-order chi connectivity index (χ1) is 28.4. The molecule has 0 spiro atoms. The lowest BCUT2D eigenvalue weighted by molar-refractivity contribution is 0.0502. The number of methoxy groups -OCH3 is 2. The summed E-state index contributed by atoms with van der Waals surface area (Å²) in [5.41, 5.74) is 3.92. The van der Waals surface area contributed by atoms with Gasteiger partial charge in [0, 0.05) is 90.3 Å². The summed E-state index contributed by atoms with van der Waals surface area (Å²) < 4.78 is 71.5. The average Bonchev–Trinajstić information content (AvgIpc) is 3.22. The van der Waals surface area contributed by atoms with E-state index in [0.29, 0.717) is 89.7 Å². The summed E-state index contributed by atoms with van der Waals surface area (Å²) in [7, 11) is -2.19. The molecular formula is C44H66O12Si2. The number of hydrogen-bond donors (Lipinski definition) is 0. The molecule has 0 heterocycles. The van der Waals surface area contributed by atoms with Crippen LogP contribution in [0, 0.1) is 0 Å². The Morgan fingerprint density at radius 1 is 0.448 bits per heavy atom. The van der Waals surface area contributed by atoms with E-state index in [1.54, 1.807) is 14.2 Å². The summed E-state index contributed by atoms with van der Waals surface area (Å²) in [6.45, 7) is 17.4. The quantitative estimate of drug-likeness (QED) is 0.0273. The van der Waals surface area contributed by atoms with Gasteiger partial charge in [-0.1, -0.05) is 36.4 Å². The van der Waals surface area contributed by atoms with Crippen LogP contribution in [-0.4, -0.2) is 98.3 Å². The van der Waals surface area contributed by atoms with E-state index in [-0.39, 0.29) is 13.6 Å². The Morgan fingerprint density at radius 3 is 1.14 bits per heavy atom. The minimum Gasteiger partial charge on any atom is -0.467 e. The summed E-state index contributed by atoms with van der Waals surface area (Å²) in [4.78, 5) is 0. The number of rotatable bonds is 31. The molecule has 0 saturated heterocycles. The van der Waals surface area contributed by atoms with E-state index in [0.717, 1.165) is 56.6 Å². The molecule has 0 aliphatic carbocycles. The number of fused-ring (bicyclic) bond motifs is 2. The fraction of sp³-hybridized carbons (Fsp3) is 0.545. The first-order valence-electron chi connectivity index (χ1n) is 20.7. The molecule has 58 heavy (non-hydrogen) atoms. The van der Waals surface area contributed by atoms with Crippen LogP contribution in [0.15, 0.2) is 60.7 Å². The molecule has 4 aromatic carbocycles. The van der Waals surface area contributed by atoms with Crippen molar-refractivity contribution >= 4 is 39.2 Å². The summed E-state index contributed by atoms with van der Waals surface area (Å²) in [5, 5.41) is 4.10. The lowest BCUT2D eigenvalue weighted by atomic mass is 9.91. The van der Waals surface area contributed by atoms with E-state index in [9.17, 15) is 0 Å². The maximum atomic E-state index is 6.22.